The third kappa shape index (κ3) is 3.70. The van der Waals surface area contributed by atoms with Crippen LogP contribution in [-0.4, -0.2) is 23.2 Å². The largest absolute Gasteiger partial charge is 0.337 e. The Morgan fingerprint density at radius 3 is 2.25 bits per heavy atom. The molecule has 6 nitrogen and oxygen atoms in total. The second kappa shape index (κ2) is 8.96. The van der Waals surface area contributed by atoms with E-state index < -0.39 is 0 Å². The van der Waals surface area contributed by atoms with E-state index in [1.54, 1.807) is 16.3 Å². The number of amides is 1. The molecule has 0 fully saturated rings. The summed E-state index contributed by atoms with van der Waals surface area (Å²) in [5.74, 6) is -0.228. The summed E-state index contributed by atoms with van der Waals surface area (Å²) in [5.41, 5.74) is 3.71. The van der Waals surface area contributed by atoms with Gasteiger partial charge in [0.25, 0.3) is 11.5 Å². The number of anilines is 2. The number of carbonyl (C=O) groups is 1. The molecule has 6 rings (SSSR count). The van der Waals surface area contributed by atoms with Crippen LogP contribution in [0, 0.1) is 0 Å². The minimum absolute atomic E-state index is 0.104. The van der Waals surface area contributed by atoms with E-state index in [0.29, 0.717) is 32.7 Å². The van der Waals surface area contributed by atoms with E-state index in [1.165, 1.54) is 16.3 Å². The Labute approximate surface area is 216 Å². The number of hydrogen-bond donors (Lipinski definition) is 0. The lowest BCUT2D eigenvalue weighted by Gasteiger charge is -2.11. The van der Waals surface area contributed by atoms with Crippen molar-refractivity contribution in [2.24, 2.45) is 5.10 Å². The number of benzene rings is 3. The molecule has 0 saturated carbocycles. The van der Waals surface area contributed by atoms with Crippen molar-refractivity contribution in [2.45, 2.75) is 18.4 Å². The number of rotatable bonds is 3. The fourth-order valence-corrected chi connectivity index (χ4v) is 6.98. The van der Waals surface area contributed by atoms with Crippen molar-refractivity contribution in [3.05, 3.63) is 110 Å². The summed E-state index contributed by atoms with van der Waals surface area (Å²) < 4.78 is 2.97. The minimum atomic E-state index is -0.228. The number of thioether (sulfide) groups is 1. The molecule has 0 spiro atoms. The molecule has 0 N–H and O–H groups in total. The predicted octanol–water partition coefficient (Wildman–Crippen LogP) is 3.84. The monoisotopic (exact) mass is 510 g/mol. The lowest BCUT2D eigenvalue weighted by molar-refractivity contribution is -0.112. The Kier molecular flexibility index (Phi) is 5.62. The number of para-hydroxylation sites is 2. The van der Waals surface area contributed by atoms with E-state index in [0.717, 1.165) is 21.2 Å². The van der Waals surface area contributed by atoms with Crippen LogP contribution < -0.4 is 24.7 Å². The van der Waals surface area contributed by atoms with Gasteiger partial charge in [-0.25, -0.2) is 0 Å². The number of hydrogen-bond acceptors (Lipinski definition) is 6. The van der Waals surface area contributed by atoms with Gasteiger partial charge in [0.2, 0.25) is 0 Å². The molecule has 178 valence electrons. The van der Waals surface area contributed by atoms with Crippen molar-refractivity contribution >= 4 is 56.7 Å². The maximum Gasteiger partial charge on any atom is 0.283 e. The average molecular weight is 511 g/mol. The van der Waals surface area contributed by atoms with Crippen molar-refractivity contribution < 1.29 is 4.79 Å². The van der Waals surface area contributed by atoms with Crippen LogP contribution in [0.25, 0.3) is 10.6 Å². The molecule has 0 bridgehead atoms. The SMILES string of the molecule is CC1=NN(c2ccccc2)C(=O)C1=c1sc(=C2Sc3ccccc3N2C)c(=O)n1Cc1ccccc1. The van der Waals surface area contributed by atoms with Gasteiger partial charge in [0.15, 0.2) is 0 Å². The van der Waals surface area contributed by atoms with Crippen LogP contribution in [-0.2, 0) is 11.3 Å². The van der Waals surface area contributed by atoms with E-state index in [-0.39, 0.29) is 11.5 Å². The first-order valence-corrected chi connectivity index (χ1v) is 13.1. The Morgan fingerprint density at radius 2 is 1.53 bits per heavy atom. The van der Waals surface area contributed by atoms with E-state index in [4.69, 9.17) is 0 Å². The maximum absolute atomic E-state index is 13.9. The van der Waals surface area contributed by atoms with Gasteiger partial charge in [0.05, 0.1) is 29.2 Å². The molecule has 3 aromatic carbocycles. The molecular formula is C28H22N4O2S2. The predicted molar refractivity (Wildman–Crippen MR) is 148 cm³/mol. The number of thiazole rings is 1. The third-order valence-corrected chi connectivity index (χ3v) is 8.79. The average Bonchev–Trinajstić information content (AvgIpc) is 3.51. The summed E-state index contributed by atoms with van der Waals surface area (Å²) in [6.45, 7) is 2.20. The van der Waals surface area contributed by atoms with Gasteiger partial charge in [-0.15, -0.1) is 11.3 Å². The van der Waals surface area contributed by atoms with Crippen molar-refractivity contribution in [1.82, 2.24) is 4.57 Å². The number of carbonyl (C=O) groups excluding carboxylic acids is 1. The van der Waals surface area contributed by atoms with E-state index in [2.05, 4.69) is 22.1 Å². The number of hydrazone groups is 1. The topological polar surface area (TPSA) is 57.9 Å². The minimum Gasteiger partial charge on any atom is -0.337 e. The van der Waals surface area contributed by atoms with Gasteiger partial charge >= 0.3 is 0 Å². The van der Waals surface area contributed by atoms with Gasteiger partial charge in [-0.2, -0.15) is 10.1 Å². The molecule has 1 aromatic heterocycles. The fourth-order valence-electron chi connectivity index (χ4n) is 4.44. The first-order chi connectivity index (χ1) is 17.5. The van der Waals surface area contributed by atoms with Crippen LogP contribution in [0.3, 0.4) is 0 Å². The first kappa shape index (κ1) is 22.6. The highest BCUT2D eigenvalue weighted by Crippen LogP contribution is 2.44. The van der Waals surface area contributed by atoms with E-state index >= 15 is 0 Å². The van der Waals surface area contributed by atoms with Crippen molar-refractivity contribution in [3.8, 4) is 0 Å². The Balaban J connectivity index is 1.59. The first-order valence-electron chi connectivity index (χ1n) is 11.5. The molecule has 1 amide bonds. The maximum atomic E-state index is 13.9. The Hall–Kier alpha value is -3.88. The molecule has 0 atom stereocenters. The van der Waals surface area contributed by atoms with Gasteiger partial charge < -0.3 is 4.90 Å². The highest BCUT2D eigenvalue weighted by Gasteiger charge is 2.32. The molecule has 0 radical (unpaired) electrons. The fraction of sp³-hybridized carbons (Fsp3) is 0.107. The summed E-state index contributed by atoms with van der Waals surface area (Å²) in [6.07, 6.45) is 0. The summed E-state index contributed by atoms with van der Waals surface area (Å²) in [6, 6.07) is 27.3. The quantitative estimate of drug-likeness (QED) is 0.420. The van der Waals surface area contributed by atoms with E-state index in [1.807, 2.05) is 86.8 Å². The van der Waals surface area contributed by atoms with Crippen LogP contribution >= 0.6 is 23.1 Å². The van der Waals surface area contributed by atoms with Crippen LogP contribution in [0.4, 0.5) is 11.4 Å². The second-order valence-electron chi connectivity index (χ2n) is 8.56. The molecule has 2 aliphatic rings. The lowest BCUT2D eigenvalue weighted by atomic mass is 10.2. The molecule has 3 heterocycles. The van der Waals surface area contributed by atoms with Gasteiger partial charge in [0, 0.05) is 11.9 Å². The summed E-state index contributed by atoms with van der Waals surface area (Å²) in [7, 11) is 1.98. The second-order valence-corrected chi connectivity index (χ2v) is 10.6. The van der Waals surface area contributed by atoms with Gasteiger partial charge in [-0.3, -0.25) is 14.2 Å². The van der Waals surface area contributed by atoms with Crippen LogP contribution in [0.5, 0.6) is 0 Å². The van der Waals surface area contributed by atoms with Crippen LogP contribution in [0.1, 0.15) is 12.5 Å². The zero-order valence-electron chi connectivity index (χ0n) is 19.7. The Morgan fingerprint density at radius 1 is 0.861 bits per heavy atom. The number of aromatic nitrogens is 1. The standard InChI is InChI=1S/C28H22N4O2S2/c1-18-23(25(33)32(29-18)20-13-7-4-8-14-20)27-31(17-19-11-5-3-6-12-19)26(34)24(36-27)28-30(2)21-15-9-10-16-22(21)35-28/h3-16H,17H2,1-2H3. The number of fused-ring (bicyclic) bond motifs is 1. The van der Waals surface area contributed by atoms with Gasteiger partial charge in [-0.1, -0.05) is 72.4 Å². The normalized spacial score (nSPS) is 18.1. The summed E-state index contributed by atoms with van der Waals surface area (Å²) >= 11 is 2.95. The zero-order chi connectivity index (χ0) is 24.8. The smallest absolute Gasteiger partial charge is 0.283 e. The zero-order valence-corrected chi connectivity index (χ0v) is 21.3. The molecule has 0 aliphatic carbocycles. The van der Waals surface area contributed by atoms with Gasteiger partial charge in [-0.05, 0) is 36.8 Å². The molecular weight excluding hydrogens is 488 g/mol. The summed E-state index contributed by atoms with van der Waals surface area (Å²) in [4.78, 5) is 30.7. The van der Waals surface area contributed by atoms with Crippen LogP contribution in [0.15, 0.2) is 99.7 Å². The molecule has 8 heteroatoms. The molecule has 2 aliphatic heterocycles. The number of nitrogens with zero attached hydrogens (tertiary/aromatic N) is 4. The van der Waals surface area contributed by atoms with Crippen molar-refractivity contribution in [1.29, 1.82) is 0 Å². The lowest BCUT2D eigenvalue weighted by Crippen LogP contribution is -2.36. The Bertz CT molecular complexity index is 1710. The molecule has 36 heavy (non-hydrogen) atoms. The van der Waals surface area contributed by atoms with Crippen LogP contribution in [0.2, 0.25) is 0 Å². The van der Waals surface area contributed by atoms with Gasteiger partial charge in [0.1, 0.15) is 14.2 Å². The summed E-state index contributed by atoms with van der Waals surface area (Å²) in [5, 5.41) is 6.85. The third-order valence-electron chi connectivity index (χ3n) is 6.23. The molecule has 4 aromatic rings. The van der Waals surface area contributed by atoms with Crippen molar-refractivity contribution in [2.75, 3.05) is 17.0 Å². The highest BCUT2D eigenvalue weighted by molar-refractivity contribution is 8.08. The highest BCUT2D eigenvalue weighted by atomic mass is 32.2. The molecule has 0 unspecified atom stereocenters. The van der Waals surface area contributed by atoms with E-state index in [9.17, 15) is 9.59 Å². The van der Waals surface area contributed by atoms with Crippen molar-refractivity contribution in [3.63, 3.8) is 0 Å². The molecule has 0 saturated heterocycles.